The monoisotopic (exact) mass is 346 g/mol. The maximum absolute atomic E-state index is 13.1. The third kappa shape index (κ3) is 1.94. The lowest BCUT2D eigenvalue weighted by Crippen LogP contribution is -2.33. The van der Waals surface area contributed by atoms with Gasteiger partial charge in [0, 0.05) is 23.4 Å². The summed E-state index contributed by atoms with van der Waals surface area (Å²) in [5.74, 6) is -0.387. The first-order chi connectivity index (χ1) is 12.6. The van der Waals surface area contributed by atoms with Crippen molar-refractivity contribution < 1.29 is 14.4 Å². The van der Waals surface area contributed by atoms with Gasteiger partial charge in [-0.05, 0) is 30.4 Å². The molecule has 2 fully saturated rings. The lowest BCUT2D eigenvalue weighted by atomic mass is 9.85. The molecule has 3 amide bonds. The molecule has 0 radical (unpaired) electrons. The topological polar surface area (TPSA) is 66.5 Å². The van der Waals surface area contributed by atoms with E-state index in [0.717, 1.165) is 17.2 Å². The van der Waals surface area contributed by atoms with Gasteiger partial charge in [-0.25, -0.2) is 4.90 Å². The molecular formula is C21H18N2O3. The molecule has 2 bridgehead atoms. The second kappa shape index (κ2) is 5.27. The average Bonchev–Trinajstić information content (AvgIpc) is 3.30. The van der Waals surface area contributed by atoms with Gasteiger partial charge in [0.1, 0.15) is 0 Å². The molecule has 2 aromatic carbocycles. The summed E-state index contributed by atoms with van der Waals surface area (Å²) >= 11 is 0. The van der Waals surface area contributed by atoms with Crippen LogP contribution in [0.1, 0.15) is 13.3 Å². The Balaban J connectivity index is 1.63. The number of nitrogens with zero attached hydrogens (tertiary/aromatic N) is 1. The Kier molecular flexibility index (Phi) is 3.11. The molecule has 1 heterocycles. The highest BCUT2D eigenvalue weighted by atomic mass is 16.2. The molecule has 5 heteroatoms. The first kappa shape index (κ1) is 15.3. The molecule has 3 aliphatic rings. The van der Waals surface area contributed by atoms with Crippen LogP contribution in [0.4, 0.5) is 11.4 Å². The van der Waals surface area contributed by atoms with Crippen LogP contribution in [0.5, 0.6) is 0 Å². The predicted octanol–water partition coefficient (Wildman–Crippen LogP) is 3.11. The van der Waals surface area contributed by atoms with E-state index in [0.29, 0.717) is 11.4 Å². The number of benzene rings is 2. The maximum Gasteiger partial charge on any atom is 0.238 e. The number of rotatable bonds is 2. The van der Waals surface area contributed by atoms with Gasteiger partial charge >= 0.3 is 0 Å². The molecule has 5 nitrogen and oxygen atoms in total. The van der Waals surface area contributed by atoms with E-state index in [2.05, 4.69) is 17.5 Å². The van der Waals surface area contributed by atoms with E-state index in [-0.39, 0.29) is 41.4 Å². The van der Waals surface area contributed by atoms with Crippen LogP contribution in [0.25, 0.3) is 10.8 Å². The van der Waals surface area contributed by atoms with Crippen LogP contribution in [-0.2, 0) is 14.4 Å². The van der Waals surface area contributed by atoms with Gasteiger partial charge in [-0.1, -0.05) is 36.4 Å². The molecule has 4 atom stereocenters. The summed E-state index contributed by atoms with van der Waals surface area (Å²) in [6.45, 7) is 1.46. The zero-order valence-electron chi connectivity index (χ0n) is 14.3. The smallest absolute Gasteiger partial charge is 0.238 e. The van der Waals surface area contributed by atoms with Crippen LogP contribution >= 0.6 is 0 Å². The van der Waals surface area contributed by atoms with Crippen molar-refractivity contribution in [2.45, 2.75) is 13.3 Å². The van der Waals surface area contributed by atoms with Gasteiger partial charge in [0.05, 0.1) is 17.5 Å². The van der Waals surface area contributed by atoms with Gasteiger partial charge in [-0.3, -0.25) is 14.4 Å². The van der Waals surface area contributed by atoms with E-state index in [1.807, 2.05) is 24.3 Å². The maximum atomic E-state index is 13.1. The van der Waals surface area contributed by atoms with Crippen molar-refractivity contribution in [2.24, 2.45) is 23.7 Å². The van der Waals surface area contributed by atoms with Crippen molar-refractivity contribution >= 4 is 39.9 Å². The lowest BCUT2D eigenvalue weighted by Gasteiger charge is -2.20. The molecule has 26 heavy (non-hydrogen) atoms. The summed E-state index contributed by atoms with van der Waals surface area (Å²) in [7, 11) is 0. The molecular weight excluding hydrogens is 328 g/mol. The van der Waals surface area contributed by atoms with Crippen LogP contribution in [0.2, 0.25) is 0 Å². The quantitative estimate of drug-likeness (QED) is 0.671. The van der Waals surface area contributed by atoms with Crippen molar-refractivity contribution in [2.75, 3.05) is 10.2 Å². The molecule has 2 aromatic rings. The standard InChI is InChI=1S/C21H18N2O3/c1-11(24)22-16-8-9-17(15-5-3-2-4-14(15)16)23-20(25)18-12-6-7-13(10-12)19(18)21(23)26/h2-9,12-13,18-19H,10H2,1H3,(H,22,24). The van der Waals surface area contributed by atoms with Gasteiger partial charge in [0.25, 0.3) is 0 Å². The summed E-state index contributed by atoms with van der Waals surface area (Å²) in [5.41, 5.74) is 1.29. The van der Waals surface area contributed by atoms with Crippen LogP contribution in [-0.4, -0.2) is 17.7 Å². The second-order valence-electron chi connectivity index (χ2n) is 7.37. The van der Waals surface area contributed by atoms with Crippen molar-refractivity contribution in [1.82, 2.24) is 0 Å². The number of amides is 3. The van der Waals surface area contributed by atoms with Gasteiger partial charge in [-0.15, -0.1) is 0 Å². The number of hydrogen-bond acceptors (Lipinski definition) is 3. The molecule has 1 saturated heterocycles. The third-order valence-corrected chi connectivity index (χ3v) is 5.92. The van der Waals surface area contributed by atoms with Crippen molar-refractivity contribution in [3.63, 3.8) is 0 Å². The van der Waals surface area contributed by atoms with Crippen LogP contribution in [0.15, 0.2) is 48.6 Å². The van der Waals surface area contributed by atoms with E-state index < -0.39 is 0 Å². The lowest BCUT2D eigenvalue weighted by molar-refractivity contribution is -0.123. The Labute approximate surface area is 150 Å². The van der Waals surface area contributed by atoms with Gasteiger partial charge in [0.2, 0.25) is 17.7 Å². The minimum atomic E-state index is -0.216. The van der Waals surface area contributed by atoms with E-state index in [1.54, 1.807) is 12.1 Å². The number of carbonyl (C=O) groups is 3. The van der Waals surface area contributed by atoms with Gasteiger partial charge < -0.3 is 5.32 Å². The fourth-order valence-electron chi connectivity index (χ4n) is 4.92. The van der Waals surface area contributed by atoms with Crippen molar-refractivity contribution in [3.8, 4) is 0 Å². The van der Waals surface area contributed by atoms with E-state index in [1.165, 1.54) is 11.8 Å². The third-order valence-electron chi connectivity index (χ3n) is 5.92. The van der Waals surface area contributed by atoms with E-state index in [9.17, 15) is 14.4 Å². The molecule has 1 aliphatic heterocycles. The number of anilines is 2. The Bertz CT molecular complexity index is 979. The van der Waals surface area contributed by atoms with Crippen LogP contribution in [0.3, 0.4) is 0 Å². The summed E-state index contributed by atoms with van der Waals surface area (Å²) in [6.07, 6.45) is 5.11. The normalized spacial score (nSPS) is 28.9. The van der Waals surface area contributed by atoms with E-state index in [4.69, 9.17) is 0 Å². The Morgan fingerprint density at radius 3 is 2.19 bits per heavy atom. The molecule has 0 spiro atoms. The fourth-order valence-corrected chi connectivity index (χ4v) is 4.92. The zero-order chi connectivity index (χ0) is 18.0. The number of imide groups is 1. The number of carbonyl (C=O) groups excluding carboxylic acids is 3. The Morgan fingerprint density at radius 1 is 0.962 bits per heavy atom. The first-order valence-corrected chi connectivity index (χ1v) is 8.92. The molecule has 2 aliphatic carbocycles. The molecule has 4 unspecified atom stereocenters. The average molecular weight is 346 g/mol. The van der Waals surface area contributed by atoms with Gasteiger partial charge in [-0.2, -0.15) is 0 Å². The summed E-state index contributed by atoms with van der Waals surface area (Å²) in [6, 6.07) is 11.1. The largest absolute Gasteiger partial charge is 0.326 e. The summed E-state index contributed by atoms with van der Waals surface area (Å²) in [4.78, 5) is 39.0. The van der Waals surface area contributed by atoms with Crippen LogP contribution < -0.4 is 10.2 Å². The number of hydrogen-bond donors (Lipinski definition) is 1. The first-order valence-electron chi connectivity index (χ1n) is 8.92. The predicted molar refractivity (Wildman–Crippen MR) is 98.5 cm³/mol. The summed E-state index contributed by atoms with van der Waals surface area (Å²) < 4.78 is 0. The number of fused-ring (bicyclic) bond motifs is 6. The van der Waals surface area contributed by atoms with Crippen molar-refractivity contribution in [1.29, 1.82) is 0 Å². The highest BCUT2D eigenvalue weighted by Gasteiger charge is 2.59. The number of nitrogens with one attached hydrogen (secondary N) is 1. The molecule has 130 valence electrons. The molecule has 1 N–H and O–H groups in total. The highest BCUT2D eigenvalue weighted by molar-refractivity contribution is 6.26. The zero-order valence-corrected chi connectivity index (χ0v) is 14.3. The van der Waals surface area contributed by atoms with Crippen molar-refractivity contribution in [3.05, 3.63) is 48.6 Å². The number of allylic oxidation sites excluding steroid dienone is 2. The molecule has 5 rings (SSSR count). The van der Waals surface area contributed by atoms with E-state index >= 15 is 0 Å². The fraction of sp³-hybridized carbons (Fsp3) is 0.286. The minimum absolute atomic E-state index is 0.0886. The Hall–Kier alpha value is -2.95. The molecule has 1 saturated carbocycles. The highest BCUT2D eigenvalue weighted by Crippen LogP contribution is 2.53. The minimum Gasteiger partial charge on any atom is -0.326 e. The second-order valence-corrected chi connectivity index (χ2v) is 7.37. The van der Waals surface area contributed by atoms with Gasteiger partial charge in [0.15, 0.2) is 0 Å². The molecule has 0 aromatic heterocycles. The SMILES string of the molecule is CC(=O)Nc1ccc(N2C(=O)C3C4C=CC(C4)C3C2=O)c2ccccc12. The van der Waals surface area contributed by atoms with Crippen LogP contribution in [0, 0.1) is 23.7 Å². The summed E-state index contributed by atoms with van der Waals surface area (Å²) in [5, 5.41) is 4.43. The Morgan fingerprint density at radius 2 is 1.58 bits per heavy atom.